The van der Waals surface area contributed by atoms with Gasteiger partial charge in [0.05, 0.1) is 30.9 Å². The Kier molecular flexibility index (Phi) is 7.06. The Morgan fingerprint density at radius 2 is 1.82 bits per heavy atom. The highest BCUT2D eigenvalue weighted by Gasteiger charge is 2.49. The monoisotopic (exact) mass is 462 g/mol. The Hall–Kier alpha value is -3.40. The quantitative estimate of drug-likeness (QED) is 0.713. The maximum absolute atomic E-state index is 13.8. The van der Waals surface area contributed by atoms with Gasteiger partial charge in [-0.15, -0.1) is 0 Å². The number of fused-ring (bicyclic) bond motifs is 1. The van der Waals surface area contributed by atoms with Gasteiger partial charge in [-0.25, -0.2) is 0 Å². The number of rotatable bonds is 5. The lowest BCUT2D eigenvalue weighted by molar-refractivity contribution is -0.158. The second kappa shape index (κ2) is 9.62. The van der Waals surface area contributed by atoms with E-state index in [2.05, 4.69) is 10.6 Å². The molecule has 0 radical (unpaired) electrons. The van der Waals surface area contributed by atoms with E-state index in [0.717, 1.165) is 11.1 Å². The van der Waals surface area contributed by atoms with Crippen LogP contribution in [0.2, 0.25) is 0 Å². The number of para-hydroxylation sites is 2. The van der Waals surface area contributed by atoms with Gasteiger partial charge >= 0.3 is 6.18 Å². The number of hydrogen-bond donors (Lipinski definition) is 2. The average Bonchev–Trinajstić information content (AvgIpc) is 2.86. The van der Waals surface area contributed by atoms with Crippen LogP contribution in [-0.2, 0) is 14.4 Å². The zero-order valence-corrected chi connectivity index (χ0v) is 18.5. The van der Waals surface area contributed by atoms with E-state index >= 15 is 0 Å². The first-order chi connectivity index (χ1) is 15.5. The first-order valence-corrected chi connectivity index (χ1v) is 10.3. The number of benzene rings is 2. The Balaban J connectivity index is 1.77. The minimum absolute atomic E-state index is 0.0380. The van der Waals surface area contributed by atoms with E-state index in [-0.39, 0.29) is 17.9 Å². The fourth-order valence-corrected chi connectivity index (χ4v) is 3.68. The molecule has 0 aromatic heterocycles. The summed E-state index contributed by atoms with van der Waals surface area (Å²) >= 11 is 0. The maximum Gasteiger partial charge on any atom is 0.409 e. The molecule has 0 bridgehead atoms. The molecule has 176 valence electrons. The van der Waals surface area contributed by atoms with Gasteiger partial charge in [-0.1, -0.05) is 24.3 Å². The van der Waals surface area contributed by atoms with Gasteiger partial charge in [0.15, 0.2) is 0 Å². The molecular weight excluding hydrogens is 437 g/mol. The SMILES string of the molecule is Cc1cccc(NC(=O)CN(C)CC(=O)N2c3ccccc3NC(=O)C[C@H]2C(F)(F)F)c1C. The average molecular weight is 462 g/mol. The molecule has 1 aliphatic heterocycles. The molecule has 1 aliphatic rings. The largest absolute Gasteiger partial charge is 0.409 e. The van der Waals surface area contributed by atoms with E-state index in [1.54, 1.807) is 18.2 Å². The van der Waals surface area contributed by atoms with E-state index in [1.165, 1.54) is 30.1 Å². The third kappa shape index (κ3) is 5.70. The number of alkyl halides is 3. The predicted molar refractivity (Wildman–Crippen MR) is 119 cm³/mol. The summed E-state index contributed by atoms with van der Waals surface area (Å²) in [4.78, 5) is 39.5. The minimum Gasteiger partial charge on any atom is -0.325 e. The van der Waals surface area contributed by atoms with Gasteiger partial charge in [0.25, 0.3) is 0 Å². The zero-order chi connectivity index (χ0) is 24.3. The molecule has 0 aliphatic carbocycles. The summed E-state index contributed by atoms with van der Waals surface area (Å²) in [5.74, 6) is -2.11. The first kappa shape index (κ1) is 24.2. The lowest BCUT2D eigenvalue weighted by Gasteiger charge is -2.32. The van der Waals surface area contributed by atoms with Crippen LogP contribution in [0.5, 0.6) is 0 Å². The third-order valence-electron chi connectivity index (χ3n) is 5.47. The molecule has 7 nitrogen and oxygen atoms in total. The second-order valence-corrected chi connectivity index (χ2v) is 8.06. The number of nitrogens with zero attached hydrogens (tertiary/aromatic N) is 2. The molecule has 10 heteroatoms. The summed E-state index contributed by atoms with van der Waals surface area (Å²) in [7, 11) is 1.47. The third-order valence-corrected chi connectivity index (χ3v) is 5.47. The second-order valence-electron chi connectivity index (χ2n) is 8.06. The highest BCUT2D eigenvalue weighted by atomic mass is 19.4. The molecule has 1 heterocycles. The van der Waals surface area contributed by atoms with Crippen LogP contribution in [0.15, 0.2) is 42.5 Å². The van der Waals surface area contributed by atoms with E-state index in [0.29, 0.717) is 10.6 Å². The molecule has 2 N–H and O–H groups in total. The van der Waals surface area contributed by atoms with Gasteiger partial charge in [0.1, 0.15) is 6.04 Å². The zero-order valence-electron chi connectivity index (χ0n) is 18.5. The number of anilines is 3. The van der Waals surface area contributed by atoms with E-state index in [1.807, 2.05) is 19.9 Å². The fourth-order valence-electron chi connectivity index (χ4n) is 3.68. The van der Waals surface area contributed by atoms with Gasteiger partial charge in [0.2, 0.25) is 17.7 Å². The summed E-state index contributed by atoms with van der Waals surface area (Å²) in [6.07, 6.45) is -5.73. The summed E-state index contributed by atoms with van der Waals surface area (Å²) in [5.41, 5.74) is 2.61. The van der Waals surface area contributed by atoms with Crippen molar-refractivity contribution in [3.05, 3.63) is 53.6 Å². The summed E-state index contributed by atoms with van der Waals surface area (Å²) in [6, 6.07) is 8.98. The molecule has 0 saturated heterocycles. The number of carbonyl (C=O) groups excluding carboxylic acids is 3. The normalized spacial score (nSPS) is 16.2. The first-order valence-electron chi connectivity index (χ1n) is 10.3. The molecule has 2 aromatic rings. The van der Waals surface area contributed by atoms with Crippen LogP contribution in [0.1, 0.15) is 17.5 Å². The number of nitrogens with one attached hydrogen (secondary N) is 2. The molecule has 0 spiro atoms. The van der Waals surface area contributed by atoms with Crippen LogP contribution in [0.3, 0.4) is 0 Å². The molecule has 0 saturated carbocycles. The number of halogens is 3. The Morgan fingerprint density at radius 1 is 1.12 bits per heavy atom. The highest BCUT2D eigenvalue weighted by molar-refractivity contribution is 6.05. The maximum atomic E-state index is 13.8. The molecule has 0 unspecified atom stereocenters. The smallest absolute Gasteiger partial charge is 0.325 e. The summed E-state index contributed by atoms with van der Waals surface area (Å²) in [6.45, 7) is 3.12. The van der Waals surface area contributed by atoms with Crippen LogP contribution in [0, 0.1) is 13.8 Å². The van der Waals surface area contributed by atoms with Crippen molar-refractivity contribution in [2.45, 2.75) is 32.5 Å². The lowest BCUT2D eigenvalue weighted by Crippen LogP contribution is -2.52. The Labute approximate surface area is 189 Å². The van der Waals surface area contributed by atoms with E-state index < -0.39 is 42.9 Å². The van der Waals surface area contributed by atoms with Crippen LogP contribution >= 0.6 is 0 Å². The van der Waals surface area contributed by atoms with Crippen molar-refractivity contribution in [1.82, 2.24) is 4.90 Å². The fraction of sp³-hybridized carbons (Fsp3) is 0.348. The number of hydrogen-bond acceptors (Lipinski definition) is 4. The van der Waals surface area contributed by atoms with Crippen molar-refractivity contribution in [2.24, 2.45) is 0 Å². The predicted octanol–water partition coefficient (Wildman–Crippen LogP) is 3.48. The number of amides is 3. The van der Waals surface area contributed by atoms with Gasteiger partial charge in [-0.05, 0) is 50.2 Å². The highest BCUT2D eigenvalue weighted by Crippen LogP contribution is 2.37. The summed E-state index contributed by atoms with van der Waals surface area (Å²) in [5, 5.41) is 5.18. The molecule has 2 aromatic carbocycles. The molecule has 0 fully saturated rings. The van der Waals surface area contributed by atoms with E-state index in [4.69, 9.17) is 0 Å². The van der Waals surface area contributed by atoms with Crippen molar-refractivity contribution >= 4 is 34.8 Å². The van der Waals surface area contributed by atoms with Gasteiger partial charge < -0.3 is 10.6 Å². The van der Waals surface area contributed by atoms with Crippen LogP contribution in [0.4, 0.5) is 30.2 Å². The molecule has 33 heavy (non-hydrogen) atoms. The van der Waals surface area contributed by atoms with E-state index in [9.17, 15) is 27.6 Å². The van der Waals surface area contributed by atoms with Crippen LogP contribution < -0.4 is 15.5 Å². The van der Waals surface area contributed by atoms with Crippen LogP contribution in [0.25, 0.3) is 0 Å². The molecule has 1 atom stereocenters. The Bertz CT molecular complexity index is 1070. The standard InChI is InChI=1S/C23H25F3N4O3/c1-14-7-6-9-16(15(14)2)27-21(32)12-29(3)13-22(33)30-18-10-5-4-8-17(18)28-20(31)11-19(30)23(24,25)26/h4-10,19H,11-13H2,1-3H3,(H,27,32)(H,28,31)/t19-/m0/s1. The Morgan fingerprint density at radius 3 is 2.52 bits per heavy atom. The van der Waals surface area contributed by atoms with Crippen molar-refractivity contribution in [3.63, 3.8) is 0 Å². The topological polar surface area (TPSA) is 81.8 Å². The van der Waals surface area contributed by atoms with Crippen LogP contribution in [-0.4, -0.2) is 55.0 Å². The molecular formula is C23H25F3N4O3. The van der Waals surface area contributed by atoms with Crippen molar-refractivity contribution in [2.75, 3.05) is 35.7 Å². The van der Waals surface area contributed by atoms with Crippen molar-refractivity contribution in [1.29, 1.82) is 0 Å². The lowest BCUT2D eigenvalue weighted by atomic mass is 10.1. The number of aryl methyl sites for hydroxylation is 1. The summed E-state index contributed by atoms with van der Waals surface area (Å²) < 4.78 is 41.4. The van der Waals surface area contributed by atoms with Crippen molar-refractivity contribution < 1.29 is 27.6 Å². The minimum atomic E-state index is -4.82. The van der Waals surface area contributed by atoms with Crippen molar-refractivity contribution in [3.8, 4) is 0 Å². The molecule has 3 amide bonds. The molecule has 3 rings (SSSR count). The van der Waals surface area contributed by atoms with Gasteiger partial charge in [0, 0.05) is 5.69 Å². The number of carbonyl (C=O) groups is 3. The van der Waals surface area contributed by atoms with Gasteiger partial charge in [-0.2, -0.15) is 13.2 Å². The number of likely N-dealkylation sites (N-methyl/N-ethyl adjacent to an activating group) is 1. The van der Waals surface area contributed by atoms with Gasteiger partial charge in [-0.3, -0.25) is 24.2 Å².